The molecule has 7 heteroatoms. The Labute approximate surface area is 179 Å². The molecule has 136 valence electrons. The fourth-order valence-corrected chi connectivity index (χ4v) is 3.65. The van der Waals surface area contributed by atoms with E-state index in [1.54, 1.807) is 11.3 Å². The highest BCUT2D eigenvalue weighted by molar-refractivity contribution is 14.0. The molecule has 1 fully saturated rings. The molecule has 1 aromatic heterocycles. The average molecular weight is 535 g/mol. The van der Waals surface area contributed by atoms with Crippen LogP contribution in [0, 0.1) is 6.92 Å². The molecule has 1 heterocycles. The number of benzene rings is 1. The van der Waals surface area contributed by atoms with Crippen molar-refractivity contribution in [3.63, 3.8) is 0 Å². The van der Waals surface area contributed by atoms with E-state index in [-0.39, 0.29) is 24.0 Å². The largest absolute Gasteiger partial charge is 0.357 e. The molecule has 0 amide bonds. The van der Waals surface area contributed by atoms with Crippen molar-refractivity contribution in [2.45, 2.75) is 38.6 Å². The summed E-state index contributed by atoms with van der Waals surface area (Å²) >= 11 is 5.19. The van der Waals surface area contributed by atoms with E-state index in [0.29, 0.717) is 12.0 Å². The first-order valence-corrected chi connectivity index (χ1v) is 10.0. The first-order valence-electron chi connectivity index (χ1n) is 8.37. The second-order valence-electron chi connectivity index (χ2n) is 6.01. The van der Waals surface area contributed by atoms with E-state index in [9.17, 15) is 0 Å². The van der Waals surface area contributed by atoms with Gasteiger partial charge in [-0.05, 0) is 38.0 Å². The van der Waals surface area contributed by atoms with Gasteiger partial charge in [0, 0.05) is 41.3 Å². The summed E-state index contributed by atoms with van der Waals surface area (Å²) in [6.45, 7) is 5.77. The summed E-state index contributed by atoms with van der Waals surface area (Å²) in [6, 6.07) is 9.10. The number of guanidine groups is 1. The Bertz CT molecular complexity index is 701. The van der Waals surface area contributed by atoms with Crippen LogP contribution in [0.15, 0.2) is 39.1 Å². The van der Waals surface area contributed by atoms with Gasteiger partial charge < -0.3 is 10.6 Å². The van der Waals surface area contributed by atoms with Crippen LogP contribution in [-0.2, 0) is 6.42 Å². The van der Waals surface area contributed by atoms with Gasteiger partial charge in [0.05, 0.1) is 10.7 Å². The number of nitrogens with zero attached hydrogens (tertiary/aromatic N) is 2. The number of hydrogen-bond acceptors (Lipinski definition) is 3. The molecular weight excluding hydrogens is 511 g/mol. The molecule has 1 aliphatic rings. The zero-order valence-electron chi connectivity index (χ0n) is 14.5. The zero-order valence-corrected chi connectivity index (χ0v) is 19.2. The lowest BCUT2D eigenvalue weighted by molar-refractivity contribution is 0.790. The maximum absolute atomic E-state index is 4.69. The van der Waals surface area contributed by atoms with Crippen molar-refractivity contribution in [3.05, 3.63) is 50.4 Å². The minimum absolute atomic E-state index is 0. The van der Waals surface area contributed by atoms with Gasteiger partial charge in [-0.25, -0.2) is 4.98 Å². The number of halogens is 2. The second-order valence-corrected chi connectivity index (χ2v) is 7.99. The summed E-state index contributed by atoms with van der Waals surface area (Å²) in [6.07, 6.45) is 2.05. The molecule has 1 saturated carbocycles. The maximum Gasteiger partial charge on any atom is 0.191 e. The third-order valence-electron chi connectivity index (χ3n) is 4.06. The molecular formula is C18H24BrIN4S. The Morgan fingerprint density at radius 2 is 2.12 bits per heavy atom. The molecule has 0 radical (unpaired) electrons. The quantitative estimate of drug-likeness (QED) is 0.326. The Morgan fingerprint density at radius 1 is 1.36 bits per heavy atom. The van der Waals surface area contributed by atoms with Gasteiger partial charge in [0.25, 0.3) is 0 Å². The van der Waals surface area contributed by atoms with Crippen molar-refractivity contribution >= 4 is 57.2 Å². The predicted octanol–water partition coefficient (Wildman–Crippen LogP) is 4.49. The van der Waals surface area contributed by atoms with Crippen LogP contribution in [0.1, 0.15) is 35.5 Å². The molecule has 0 saturated heterocycles. The fourth-order valence-electron chi connectivity index (χ4n) is 2.73. The molecule has 0 bridgehead atoms. The van der Waals surface area contributed by atoms with E-state index in [0.717, 1.165) is 47.1 Å². The van der Waals surface area contributed by atoms with Crippen LogP contribution < -0.4 is 10.6 Å². The van der Waals surface area contributed by atoms with Crippen LogP contribution in [0.5, 0.6) is 0 Å². The van der Waals surface area contributed by atoms with Gasteiger partial charge in [0.1, 0.15) is 0 Å². The molecule has 0 spiro atoms. The van der Waals surface area contributed by atoms with Crippen LogP contribution in [0.4, 0.5) is 0 Å². The van der Waals surface area contributed by atoms with E-state index < -0.39 is 0 Å². The number of aromatic nitrogens is 1. The summed E-state index contributed by atoms with van der Waals surface area (Å²) in [7, 11) is 0. The van der Waals surface area contributed by atoms with Crippen LogP contribution in [0.25, 0.3) is 0 Å². The summed E-state index contributed by atoms with van der Waals surface area (Å²) in [5.74, 6) is 1.50. The van der Waals surface area contributed by atoms with Crippen molar-refractivity contribution < 1.29 is 0 Å². The molecule has 4 nitrogen and oxygen atoms in total. The maximum atomic E-state index is 4.69. The van der Waals surface area contributed by atoms with E-state index >= 15 is 0 Å². The lowest BCUT2D eigenvalue weighted by atomic mass is 10.1. The summed E-state index contributed by atoms with van der Waals surface area (Å²) in [5, 5.41) is 10.1. The van der Waals surface area contributed by atoms with Crippen molar-refractivity contribution in [2.75, 3.05) is 13.1 Å². The molecule has 2 atom stereocenters. The summed E-state index contributed by atoms with van der Waals surface area (Å²) < 4.78 is 1.13. The third-order valence-corrected chi connectivity index (χ3v) is 5.41. The average Bonchev–Trinajstić information content (AvgIpc) is 3.20. The number of aliphatic imine (C=N–C) groups is 1. The minimum Gasteiger partial charge on any atom is -0.357 e. The van der Waals surface area contributed by atoms with Crippen molar-refractivity contribution in [1.82, 2.24) is 15.6 Å². The molecule has 2 N–H and O–H groups in total. The monoisotopic (exact) mass is 534 g/mol. The van der Waals surface area contributed by atoms with Crippen molar-refractivity contribution in [1.29, 1.82) is 0 Å². The number of thiazole rings is 1. The number of nitrogens with one attached hydrogen (secondary N) is 2. The molecule has 25 heavy (non-hydrogen) atoms. The van der Waals surface area contributed by atoms with Gasteiger partial charge in [-0.1, -0.05) is 28.1 Å². The molecule has 1 aromatic carbocycles. The molecule has 2 aromatic rings. The number of hydrogen-bond donors (Lipinski definition) is 2. The van der Waals surface area contributed by atoms with Crippen LogP contribution in [0.3, 0.4) is 0 Å². The zero-order chi connectivity index (χ0) is 16.9. The van der Waals surface area contributed by atoms with Gasteiger partial charge in [-0.15, -0.1) is 35.3 Å². The smallest absolute Gasteiger partial charge is 0.191 e. The number of rotatable bonds is 6. The lowest BCUT2D eigenvalue weighted by Gasteiger charge is -2.11. The molecule has 1 aliphatic carbocycles. The van der Waals surface area contributed by atoms with Crippen LogP contribution in [-0.4, -0.2) is 30.1 Å². The second kappa shape index (κ2) is 9.87. The topological polar surface area (TPSA) is 49.3 Å². The van der Waals surface area contributed by atoms with Gasteiger partial charge >= 0.3 is 0 Å². The Balaban J connectivity index is 0.00000225. The van der Waals surface area contributed by atoms with Crippen molar-refractivity contribution in [3.8, 4) is 0 Å². The van der Waals surface area contributed by atoms with Gasteiger partial charge in [0.2, 0.25) is 0 Å². The highest BCUT2D eigenvalue weighted by Crippen LogP contribution is 2.40. The highest BCUT2D eigenvalue weighted by atomic mass is 127. The number of aryl methyl sites for hydroxylation is 1. The highest BCUT2D eigenvalue weighted by Gasteiger charge is 2.38. The minimum atomic E-state index is 0. The van der Waals surface area contributed by atoms with E-state index in [2.05, 4.69) is 68.1 Å². The predicted molar refractivity (Wildman–Crippen MR) is 120 cm³/mol. The van der Waals surface area contributed by atoms with E-state index in [1.807, 2.05) is 6.92 Å². The first-order chi connectivity index (χ1) is 11.7. The first kappa shape index (κ1) is 20.6. The van der Waals surface area contributed by atoms with E-state index in [1.165, 1.54) is 5.56 Å². The van der Waals surface area contributed by atoms with Crippen molar-refractivity contribution in [2.24, 2.45) is 4.99 Å². The van der Waals surface area contributed by atoms with Crippen LogP contribution >= 0.6 is 51.2 Å². The lowest BCUT2D eigenvalue weighted by Crippen LogP contribution is -2.39. The van der Waals surface area contributed by atoms with Gasteiger partial charge in [-0.2, -0.15) is 0 Å². The third kappa shape index (κ3) is 6.21. The standard InChI is InChI=1S/C18H23BrN4S.HI/c1-3-20-18(21-9-8-15-11-24-12(2)22-15)23-17-10-16(17)13-4-6-14(19)7-5-13;/h4-7,11,16-17H,3,8-10H2,1-2H3,(H2,20,21,23);1H. The summed E-state index contributed by atoms with van der Waals surface area (Å²) in [4.78, 5) is 9.18. The van der Waals surface area contributed by atoms with Gasteiger partial charge in [-0.3, -0.25) is 4.99 Å². The molecule has 0 aliphatic heterocycles. The normalized spacial score (nSPS) is 19.2. The Morgan fingerprint density at radius 3 is 2.76 bits per heavy atom. The fraction of sp³-hybridized carbons (Fsp3) is 0.444. The molecule has 2 unspecified atom stereocenters. The van der Waals surface area contributed by atoms with E-state index in [4.69, 9.17) is 4.99 Å². The molecule has 3 rings (SSSR count). The van der Waals surface area contributed by atoms with Gasteiger partial charge in [0.15, 0.2) is 5.96 Å². The summed E-state index contributed by atoms with van der Waals surface area (Å²) in [5.41, 5.74) is 2.53. The Kier molecular flexibility index (Phi) is 8.15. The van der Waals surface area contributed by atoms with Crippen LogP contribution in [0.2, 0.25) is 0 Å². The Hall–Kier alpha value is -0.670. The SMILES string of the molecule is CCNC(=NCCc1csc(C)n1)NC1CC1c1ccc(Br)cc1.I.